The third kappa shape index (κ3) is 3.45. The number of likely N-dealkylation sites (tertiary alicyclic amines) is 1. The molecule has 0 aromatic rings. The number of nitrogens with zero attached hydrogens (tertiary/aromatic N) is 1. The molecule has 2 fully saturated rings. The van der Waals surface area contributed by atoms with Crippen molar-refractivity contribution in [3.05, 3.63) is 0 Å². The molecule has 1 aliphatic carbocycles. The summed E-state index contributed by atoms with van der Waals surface area (Å²) in [5.41, 5.74) is 0. The predicted octanol–water partition coefficient (Wildman–Crippen LogP) is 3.03. The Hall–Kier alpha value is -0.0800. The summed E-state index contributed by atoms with van der Waals surface area (Å²) in [6.07, 6.45) is 10.0. The van der Waals surface area contributed by atoms with Crippen molar-refractivity contribution in [3.63, 3.8) is 0 Å². The molecular weight excluding hydrogens is 208 g/mol. The quantitative estimate of drug-likeness (QED) is 0.810. The van der Waals surface area contributed by atoms with Crippen molar-refractivity contribution in [2.24, 2.45) is 5.92 Å². The van der Waals surface area contributed by atoms with Gasteiger partial charge in [-0.3, -0.25) is 4.90 Å². The maximum Gasteiger partial charge on any atom is 0.0119 e. The molecule has 2 nitrogen and oxygen atoms in total. The summed E-state index contributed by atoms with van der Waals surface area (Å²) in [5, 5.41) is 3.68. The molecule has 17 heavy (non-hydrogen) atoms. The molecule has 100 valence electrons. The van der Waals surface area contributed by atoms with Crippen molar-refractivity contribution >= 4 is 0 Å². The molecule has 1 heterocycles. The topological polar surface area (TPSA) is 15.3 Å². The molecule has 0 amide bonds. The Kier molecular flexibility index (Phi) is 5.30. The second kappa shape index (κ2) is 6.75. The van der Waals surface area contributed by atoms with Gasteiger partial charge < -0.3 is 5.32 Å². The van der Waals surface area contributed by atoms with Crippen LogP contribution in [0.5, 0.6) is 0 Å². The van der Waals surface area contributed by atoms with Gasteiger partial charge in [0.05, 0.1) is 0 Å². The minimum atomic E-state index is 0.782. The van der Waals surface area contributed by atoms with Gasteiger partial charge in [-0.25, -0.2) is 0 Å². The highest BCUT2D eigenvalue weighted by atomic mass is 15.2. The zero-order chi connectivity index (χ0) is 12.1. The Morgan fingerprint density at radius 3 is 2.47 bits per heavy atom. The molecule has 1 aliphatic heterocycles. The van der Waals surface area contributed by atoms with Gasteiger partial charge in [0.25, 0.3) is 0 Å². The maximum atomic E-state index is 3.68. The van der Waals surface area contributed by atoms with Crippen LogP contribution in [0, 0.1) is 5.92 Å². The van der Waals surface area contributed by atoms with Crippen LogP contribution >= 0.6 is 0 Å². The second-order valence-electron chi connectivity index (χ2n) is 5.91. The summed E-state index contributed by atoms with van der Waals surface area (Å²) < 4.78 is 0. The van der Waals surface area contributed by atoms with Gasteiger partial charge in [0.1, 0.15) is 0 Å². The van der Waals surface area contributed by atoms with Gasteiger partial charge in [0, 0.05) is 18.6 Å². The number of rotatable bonds is 4. The second-order valence-corrected chi connectivity index (χ2v) is 5.91. The molecule has 0 radical (unpaired) electrons. The van der Waals surface area contributed by atoms with Crippen LogP contribution in [0.25, 0.3) is 0 Å². The van der Waals surface area contributed by atoms with Gasteiger partial charge in [-0.2, -0.15) is 0 Å². The summed E-state index contributed by atoms with van der Waals surface area (Å²) in [6, 6.07) is 1.70. The number of hydrogen-bond acceptors (Lipinski definition) is 2. The minimum Gasteiger partial charge on any atom is -0.314 e. The third-order valence-electron chi connectivity index (χ3n) is 4.85. The fourth-order valence-corrected chi connectivity index (χ4v) is 3.78. The smallest absolute Gasteiger partial charge is 0.0119 e. The standard InChI is InChI=1S/C15H30N2/c1-3-13-12-17(11-10-15(13)16-4-2)14-8-6-5-7-9-14/h13-16H,3-12H2,1-2H3. The SMILES string of the molecule is CCNC1CCN(C2CCCCC2)CC1CC. The number of piperidine rings is 1. The minimum absolute atomic E-state index is 0.782. The highest BCUT2D eigenvalue weighted by Crippen LogP contribution is 2.28. The molecule has 0 aromatic heterocycles. The molecule has 1 N–H and O–H groups in total. The van der Waals surface area contributed by atoms with E-state index < -0.39 is 0 Å². The third-order valence-corrected chi connectivity index (χ3v) is 4.85. The van der Waals surface area contributed by atoms with Crippen molar-refractivity contribution in [3.8, 4) is 0 Å². The van der Waals surface area contributed by atoms with Gasteiger partial charge in [-0.15, -0.1) is 0 Å². The van der Waals surface area contributed by atoms with E-state index >= 15 is 0 Å². The molecular formula is C15H30N2. The summed E-state index contributed by atoms with van der Waals surface area (Å²) in [4.78, 5) is 2.81. The van der Waals surface area contributed by atoms with Gasteiger partial charge >= 0.3 is 0 Å². The Balaban J connectivity index is 1.86. The Bertz CT molecular complexity index is 211. The average molecular weight is 238 g/mol. The average Bonchev–Trinajstić information content (AvgIpc) is 2.40. The first-order valence-corrected chi connectivity index (χ1v) is 7.82. The Morgan fingerprint density at radius 2 is 1.82 bits per heavy atom. The lowest BCUT2D eigenvalue weighted by Gasteiger charge is -2.43. The van der Waals surface area contributed by atoms with Crippen molar-refractivity contribution in [1.82, 2.24) is 10.2 Å². The van der Waals surface area contributed by atoms with E-state index in [0.717, 1.165) is 24.5 Å². The fraction of sp³-hybridized carbons (Fsp3) is 1.00. The zero-order valence-corrected chi connectivity index (χ0v) is 11.8. The first kappa shape index (κ1) is 13.4. The summed E-state index contributed by atoms with van der Waals surface area (Å²) in [7, 11) is 0. The maximum absolute atomic E-state index is 3.68. The number of hydrogen-bond donors (Lipinski definition) is 1. The van der Waals surface area contributed by atoms with Crippen LogP contribution in [-0.4, -0.2) is 36.6 Å². The van der Waals surface area contributed by atoms with E-state index in [1.54, 1.807) is 0 Å². The van der Waals surface area contributed by atoms with Crippen LogP contribution in [0.2, 0.25) is 0 Å². The van der Waals surface area contributed by atoms with Crippen molar-refractivity contribution < 1.29 is 0 Å². The van der Waals surface area contributed by atoms with E-state index in [4.69, 9.17) is 0 Å². The van der Waals surface area contributed by atoms with E-state index in [1.165, 1.54) is 58.0 Å². The van der Waals surface area contributed by atoms with Gasteiger partial charge in [-0.1, -0.05) is 39.5 Å². The highest BCUT2D eigenvalue weighted by Gasteiger charge is 2.31. The monoisotopic (exact) mass is 238 g/mol. The molecule has 0 aromatic carbocycles. The summed E-state index contributed by atoms with van der Waals surface area (Å²) in [6.45, 7) is 8.40. The fourth-order valence-electron chi connectivity index (χ4n) is 3.78. The molecule has 1 saturated heterocycles. The van der Waals surface area contributed by atoms with Crippen molar-refractivity contribution in [2.75, 3.05) is 19.6 Å². The van der Waals surface area contributed by atoms with Gasteiger partial charge in [-0.05, 0) is 38.3 Å². The molecule has 0 bridgehead atoms. The molecule has 2 unspecified atom stereocenters. The Labute approximate surface area is 107 Å². The highest BCUT2D eigenvalue weighted by molar-refractivity contribution is 4.88. The first-order valence-electron chi connectivity index (χ1n) is 7.82. The van der Waals surface area contributed by atoms with E-state index in [0.29, 0.717) is 0 Å². The van der Waals surface area contributed by atoms with E-state index in [9.17, 15) is 0 Å². The molecule has 0 spiro atoms. The lowest BCUT2D eigenvalue weighted by molar-refractivity contribution is 0.0764. The predicted molar refractivity (Wildman–Crippen MR) is 74.3 cm³/mol. The van der Waals surface area contributed by atoms with E-state index in [-0.39, 0.29) is 0 Å². The van der Waals surface area contributed by atoms with Gasteiger partial charge in [0.2, 0.25) is 0 Å². The van der Waals surface area contributed by atoms with Crippen LogP contribution in [0.15, 0.2) is 0 Å². The zero-order valence-electron chi connectivity index (χ0n) is 11.8. The molecule has 2 rings (SSSR count). The lowest BCUT2D eigenvalue weighted by atomic mass is 9.86. The van der Waals surface area contributed by atoms with Crippen LogP contribution in [0.4, 0.5) is 0 Å². The van der Waals surface area contributed by atoms with Crippen LogP contribution in [0.3, 0.4) is 0 Å². The molecule has 2 heteroatoms. The largest absolute Gasteiger partial charge is 0.314 e. The van der Waals surface area contributed by atoms with Crippen molar-refractivity contribution in [2.45, 2.75) is 70.9 Å². The van der Waals surface area contributed by atoms with Crippen LogP contribution in [-0.2, 0) is 0 Å². The molecule has 2 aliphatic rings. The first-order chi connectivity index (χ1) is 8.35. The summed E-state index contributed by atoms with van der Waals surface area (Å²) in [5.74, 6) is 0.880. The van der Waals surface area contributed by atoms with Crippen LogP contribution in [0.1, 0.15) is 58.8 Å². The van der Waals surface area contributed by atoms with Crippen molar-refractivity contribution in [1.29, 1.82) is 0 Å². The molecule has 1 saturated carbocycles. The van der Waals surface area contributed by atoms with E-state index in [2.05, 4.69) is 24.1 Å². The molecule has 2 atom stereocenters. The number of nitrogens with one attached hydrogen (secondary N) is 1. The van der Waals surface area contributed by atoms with Gasteiger partial charge in [0.15, 0.2) is 0 Å². The Morgan fingerprint density at radius 1 is 1.06 bits per heavy atom. The normalized spacial score (nSPS) is 32.8. The lowest BCUT2D eigenvalue weighted by Crippen LogP contribution is -2.52. The summed E-state index contributed by atoms with van der Waals surface area (Å²) >= 11 is 0. The van der Waals surface area contributed by atoms with Crippen LogP contribution < -0.4 is 5.32 Å². The van der Waals surface area contributed by atoms with E-state index in [1.807, 2.05) is 0 Å².